The zero-order chi connectivity index (χ0) is 10.7. The molecule has 5 nitrogen and oxygen atoms in total. The van der Waals surface area contributed by atoms with Gasteiger partial charge in [0, 0.05) is 0 Å². The average Bonchev–Trinajstić information content (AvgIpc) is 2.10. The summed E-state index contributed by atoms with van der Waals surface area (Å²) in [4.78, 5) is 9.48. The number of nitro benzene ring substituents is 1. The molecule has 0 saturated carbocycles. The first-order valence-electron chi connectivity index (χ1n) is 3.92. The molecule has 1 aromatic rings. The predicted octanol–water partition coefficient (Wildman–Crippen LogP) is 0.821. The van der Waals surface area contributed by atoms with Gasteiger partial charge in [-0.1, -0.05) is 0 Å². The van der Waals surface area contributed by atoms with Crippen LogP contribution in [0.1, 0.15) is 0 Å². The van der Waals surface area contributed by atoms with Crippen molar-refractivity contribution in [2.45, 2.75) is 0 Å². The molecule has 0 fully saturated rings. The summed E-state index contributed by atoms with van der Waals surface area (Å²) in [5.41, 5.74) is 4.83. The standard InChI is InChI=1S/C7H6FN2O3.Li/c1-13-7-2-4(8)6(10(11)12)3-5(7)9;/h2-3H,1,9H2;. The average molecular weight is 192 g/mol. The first-order chi connectivity index (χ1) is 6.56. The molecule has 0 saturated heterocycles. The van der Waals surface area contributed by atoms with E-state index in [1.807, 2.05) is 0 Å². The van der Waals surface area contributed by atoms with Crippen LogP contribution < -0.4 is 10.5 Å². The molecule has 0 heterocycles. The van der Waals surface area contributed by atoms with Gasteiger partial charge in [-0.05, 0) is 0 Å². The van der Waals surface area contributed by atoms with Crippen molar-refractivity contribution < 1.29 is 14.1 Å². The monoisotopic (exact) mass is 192 g/mol. The molecular formula is C7H6FLiN2O3. The van der Waals surface area contributed by atoms with Crippen LogP contribution in [0.2, 0.25) is 0 Å². The third kappa shape index (κ3) is 2.16. The second-order valence-corrected chi connectivity index (χ2v) is 2.53. The summed E-state index contributed by atoms with van der Waals surface area (Å²) in [6.07, 6.45) is 0. The quantitative estimate of drug-likeness (QED) is 0.333. The minimum absolute atomic E-state index is 0.0555. The first kappa shape index (κ1) is 10.8. The molecule has 0 aromatic heterocycles. The van der Waals surface area contributed by atoms with Crippen molar-refractivity contribution in [3.8, 4) is 5.75 Å². The van der Waals surface area contributed by atoms with Crippen molar-refractivity contribution in [1.29, 1.82) is 0 Å². The normalized spacial score (nSPS) is 9.93. The van der Waals surface area contributed by atoms with E-state index in [1.54, 1.807) is 17.7 Å². The van der Waals surface area contributed by atoms with E-state index >= 15 is 0 Å². The number of ether oxygens (including phenoxy) is 1. The topological polar surface area (TPSA) is 78.4 Å². The van der Waals surface area contributed by atoms with Gasteiger partial charge in [0.15, 0.2) is 0 Å². The number of benzene rings is 1. The van der Waals surface area contributed by atoms with E-state index in [9.17, 15) is 14.5 Å². The van der Waals surface area contributed by atoms with Crippen LogP contribution in [-0.4, -0.2) is 27.9 Å². The number of nitrogen functional groups attached to an aromatic ring is 1. The number of hydrogen-bond acceptors (Lipinski definition) is 4. The van der Waals surface area contributed by atoms with Crippen LogP contribution in [0.25, 0.3) is 0 Å². The summed E-state index contributed by atoms with van der Waals surface area (Å²) in [6, 6.07) is 1.86. The molecule has 0 bridgehead atoms. The minimum atomic E-state index is -0.951. The zero-order valence-corrected chi connectivity index (χ0v) is 7.49. The van der Waals surface area contributed by atoms with Crippen molar-refractivity contribution in [2.75, 3.05) is 11.0 Å². The van der Waals surface area contributed by atoms with Crippen LogP contribution >= 0.6 is 0 Å². The van der Waals surface area contributed by atoms with Gasteiger partial charge in [-0.3, -0.25) is 0 Å². The third-order valence-corrected chi connectivity index (χ3v) is 1.58. The first-order valence-corrected chi connectivity index (χ1v) is 3.92. The van der Waals surface area contributed by atoms with Crippen LogP contribution in [0.5, 0.6) is 5.75 Å². The fraction of sp³-hybridized carbons (Fsp3) is 0.143. The molecule has 1 aromatic carbocycles. The molecule has 0 aliphatic rings. The summed E-state index contributed by atoms with van der Waals surface area (Å²) in [7, 11) is 0. The fourth-order valence-electron chi connectivity index (χ4n) is 0.980. The Morgan fingerprint density at radius 2 is 2.29 bits per heavy atom. The van der Waals surface area contributed by atoms with E-state index in [4.69, 9.17) is 10.5 Å². The van der Waals surface area contributed by atoms with Crippen LogP contribution in [-0.2, 0) is 0 Å². The van der Waals surface area contributed by atoms with E-state index in [-0.39, 0.29) is 11.4 Å². The molecular weight excluding hydrogens is 186 g/mol. The van der Waals surface area contributed by atoms with Crippen LogP contribution in [0, 0.1) is 15.9 Å². The van der Waals surface area contributed by atoms with Crippen molar-refractivity contribution in [3.05, 3.63) is 28.1 Å². The van der Waals surface area contributed by atoms with E-state index in [1.165, 1.54) is 0 Å². The molecule has 70 valence electrons. The molecule has 0 spiro atoms. The maximum atomic E-state index is 13.0. The van der Waals surface area contributed by atoms with Gasteiger partial charge in [0.1, 0.15) is 0 Å². The van der Waals surface area contributed by atoms with E-state index < -0.39 is 16.4 Å². The van der Waals surface area contributed by atoms with Gasteiger partial charge in [0.2, 0.25) is 0 Å². The summed E-state index contributed by atoms with van der Waals surface area (Å²) >= 11 is 1.71. The van der Waals surface area contributed by atoms with Crippen LogP contribution in [0.3, 0.4) is 0 Å². The number of halogens is 1. The predicted molar refractivity (Wildman–Crippen MR) is 48.7 cm³/mol. The number of nitrogens with two attached hydrogens (primary N) is 1. The Bertz CT molecular complexity index is 372. The third-order valence-electron chi connectivity index (χ3n) is 1.58. The van der Waals surface area contributed by atoms with Crippen LogP contribution in [0.4, 0.5) is 15.8 Å². The molecule has 0 atom stereocenters. The Labute approximate surface area is 88.4 Å². The molecule has 0 radical (unpaired) electrons. The molecule has 7 heteroatoms. The van der Waals surface area contributed by atoms with E-state index in [0.717, 1.165) is 12.1 Å². The Hall–Kier alpha value is -1.25. The number of nitrogens with zero attached hydrogens (tertiary/aromatic N) is 1. The van der Waals surface area contributed by atoms with Crippen molar-refractivity contribution in [1.82, 2.24) is 0 Å². The Morgan fingerprint density at radius 3 is 2.79 bits per heavy atom. The molecule has 0 aliphatic heterocycles. The molecule has 14 heavy (non-hydrogen) atoms. The maximum absolute atomic E-state index is 13.0. The Kier molecular flexibility index (Phi) is 3.33. The van der Waals surface area contributed by atoms with Crippen molar-refractivity contribution >= 4 is 29.1 Å². The zero-order valence-electron chi connectivity index (χ0n) is 7.49. The van der Waals surface area contributed by atoms with Crippen molar-refractivity contribution in [3.63, 3.8) is 0 Å². The van der Waals surface area contributed by atoms with Gasteiger partial charge in [-0.15, -0.1) is 0 Å². The van der Waals surface area contributed by atoms with Gasteiger partial charge >= 0.3 is 88.0 Å². The fourth-order valence-corrected chi connectivity index (χ4v) is 0.980. The summed E-state index contributed by atoms with van der Waals surface area (Å²) in [6.45, 7) is 0. The number of rotatable bonds is 3. The van der Waals surface area contributed by atoms with Gasteiger partial charge in [0.25, 0.3) is 0 Å². The number of anilines is 1. The van der Waals surface area contributed by atoms with Crippen molar-refractivity contribution in [2.24, 2.45) is 0 Å². The second kappa shape index (κ2) is 4.31. The molecule has 2 N–H and O–H groups in total. The Morgan fingerprint density at radius 1 is 1.64 bits per heavy atom. The Balaban J connectivity index is 3.17. The summed E-state index contributed by atoms with van der Waals surface area (Å²) < 4.78 is 18.0. The second-order valence-electron chi connectivity index (χ2n) is 2.53. The van der Waals surface area contributed by atoms with E-state index in [2.05, 4.69) is 0 Å². The van der Waals surface area contributed by atoms with E-state index in [0.29, 0.717) is 5.28 Å². The molecule has 0 unspecified atom stereocenters. The van der Waals surface area contributed by atoms with Crippen LogP contribution in [0.15, 0.2) is 12.1 Å². The van der Waals surface area contributed by atoms with Gasteiger partial charge in [-0.25, -0.2) is 0 Å². The molecule has 0 amide bonds. The van der Waals surface area contributed by atoms with Gasteiger partial charge < -0.3 is 0 Å². The summed E-state index contributed by atoms with van der Waals surface area (Å²) in [5.74, 6) is -0.830. The number of hydrogen-bond donors (Lipinski definition) is 1. The SMILES string of the molecule is [Li][CH2]Oc1cc(F)c([N+](=O)[O-])cc1N. The van der Waals surface area contributed by atoms with Gasteiger partial charge in [-0.2, -0.15) is 0 Å². The molecule has 0 aliphatic carbocycles. The van der Waals surface area contributed by atoms with Gasteiger partial charge in [0.05, 0.1) is 0 Å². The molecule has 1 rings (SSSR count). The number of nitro groups is 1. The summed E-state index contributed by atoms with van der Waals surface area (Å²) in [5, 5.41) is 10.6.